The van der Waals surface area contributed by atoms with Crippen LogP contribution in [0.2, 0.25) is 0 Å². The molecule has 1 atom stereocenters. The lowest BCUT2D eigenvalue weighted by atomic mass is 10.1. The lowest BCUT2D eigenvalue weighted by molar-refractivity contribution is -0.140. The van der Waals surface area contributed by atoms with E-state index in [2.05, 4.69) is 5.32 Å². The normalized spacial score (nSPS) is 12.5. The first-order valence-electron chi connectivity index (χ1n) is 11.9. The second kappa shape index (κ2) is 12.3. The molecule has 0 aliphatic rings. The molecule has 0 aromatic heterocycles. The molecule has 3 rings (SSSR count). The minimum atomic E-state index is -4.76. The van der Waals surface area contributed by atoms with Gasteiger partial charge in [0.2, 0.25) is 11.8 Å². The number of carbonyl (C=O) groups is 2. The van der Waals surface area contributed by atoms with Gasteiger partial charge in [0, 0.05) is 13.6 Å². The van der Waals surface area contributed by atoms with Crippen molar-refractivity contribution < 1.29 is 35.6 Å². The first kappa shape index (κ1) is 29.6. The van der Waals surface area contributed by atoms with E-state index in [-0.39, 0.29) is 23.5 Å². The highest BCUT2D eigenvalue weighted by molar-refractivity contribution is 7.92. The summed E-state index contributed by atoms with van der Waals surface area (Å²) < 4.78 is 81.7. The summed E-state index contributed by atoms with van der Waals surface area (Å²) in [6, 6.07) is 14.8. The van der Waals surface area contributed by atoms with Gasteiger partial charge in [-0.1, -0.05) is 43.3 Å². The third-order valence-corrected chi connectivity index (χ3v) is 7.76. The van der Waals surface area contributed by atoms with E-state index >= 15 is 0 Å². The number of nitrogens with zero attached hydrogens (tertiary/aromatic N) is 2. The van der Waals surface area contributed by atoms with Crippen LogP contribution in [-0.4, -0.2) is 44.8 Å². The van der Waals surface area contributed by atoms with Crippen LogP contribution in [0.4, 0.5) is 23.2 Å². The predicted octanol–water partition coefficient (Wildman–Crippen LogP) is 4.59. The molecular weight excluding hydrogens is 538 g/mol. The zero-order chi connectivity index (χ0) is 28.8. The molecule has 7 nitrogen and oxygen atoms in total. The summed E-state index contributed by atoms with van der Waals surface area (Å²) in [7, 11) is -3.14. The molecule has 12 heteroatoms. The largest absolute Gasteiger partial charge is 0.416 e. The fraction of sp³-hybridized carbons (Fsp3) is 0.259. The van der Waals surface area contributed by atoms with Crippen molar-refractivity contribution >= 4 is 27.5 Å². The molecule has 208 valence electrons. The van der Waals surface area contributed by atoms with Crippen molar-refractivity contribution in [1.29, 1.82) is 0 Å². The van der Waals surface area contributed by atoms with Gasteiger partial charge >= 0.3 is 6.18 Å². The van der Waals surface area contributed by atoms with E-state index in [0.29, 0.717) is 15.9 Å². The molecule has 3 aromatic rings. The fourth-order valence-corrected chi connectivity index (χ4v) is 5.39. The van der Waals surface area contributed by atoms with Crippen LogP contribution in [0.5, 0.6) is 0 Å². The smallest absolute Gasteiger partial charge is 0.357 e. The maximum absolute atomic E-state index is 13.7. The van der Waals surface area contributed by atoms with E-state index < -0.39 is 52.0 Å². The number of likely N-dealkylation sites (N-methyl/N-ethyl adjacent to an activating group) is 1. The number of alkyl halides is 3. The number of anilines is 1. The van der Waals surface area contributed by atoms with E-state index in [1.807, 2.05) is 0 Å². The average Bonchev–Trinajstić information content (AvgIpc) is 2.92. The molecule has 0 saturated heterocycles. The van der Waals surface area contributed by atoms with Gasteiger partial charge in [0.25, 0.3) is 10.0 Å². The summed E-state index contributed by atoms with van der Waals surface area (Å²) in [5.41, 5.74) is -1.01. The number of halogens is 4. The SMILES string of the molecule is CC[C@@H](C(=O)NC)N(Cc1ccc(F)cc1)C(=O)CN(c1cccc(C(F)(F)F)c1)S(=O)(=O)c1ccccc1. The lowest BCUT2D eigenvalue weighted by Crippen LogP contribution is -2.51. The van der Waals surface area contributed by atoms with Crippen LogP contribution in [0.3, 0.4) is 0 Å². The molecule has 0 unspecified atom stereocenters. The zero-order valence-corrected chi connectivity index (χ0v) is 22.0. The number of benzene rings is 3. The lowest BCUT2D eigenvalue weighted by Gasteiger charge is -2.33. The van der Waals surface area contributed by atoms with Gasteiger partial charge in [-0.05, 0) is 54.4 Å². The monoisotopic (exact) mass is 565 g/mol. The Bertz CT molecular complexity index is 1400. The second-order valence-electron chi connectivity index (χ2n) is 8.56. The maximum atomic E-state index is 13.7. The summed E-state index contributed by atoms with van der Waals surface area (Å²) in [6.07, 6.45) is -4.61. The van der Waals surface area contributed by atoms with Crippen LogP contribution in [-0.2, 0) is 32.3 Å². The molecule has 0 fully saturated rings. The molecule has 39 heavy (non-hydrogen) atoms. The van der Waals surface area contributed by atoms with E-state index in [1.54, 1.807) is 13.0 Å². The Hall–Kier alpha value is -3.93. The number of amides is 2. The molecule has 0 radical (unpaired) electrons. The summed E-state index contributed by atoms with van der Waals surface area (Å²) in [5.74, 6) is -1.88. The molecule has 1 N–H and O–H groups in total. The quantitative estimate of drug-likeness (QED) is 0.365. The van der Waals surface area contributed by atoms with E-state index in [4.69, 9.17) is 0 Å². The molecular formula is C27H27F4N3O4S. The van der Waals surface area contributed by atoms with Crippen molar-refractivity contribution in [1.82, 2.24) is 10.2 Å². The third kappa shape index (κ3) is 7.14. The number of hydrogen-bond donors (Lipinski definition) is 1. The van der Waals surface area contributed by atoms with Gasteiger partial charge in [-0.15, -0.1) is 0 Å². The van der Waals surface area contributed by atoms with Crippen LogP contribution >= 0.6 is 0 Å². The second-order valence-corrected chi connectivity index (χ2v) is 10.4. The number of carbonyl (C=O) groups excluding carboxylic acids is 2. The van der Waals surface area contributed by atoms with Gasteiger partial charge in [0.1, 0.15) is 18.4 Å². The minimum absolute atomic E-state index is 0.154. The molecule has 0 aliphatic carbocycles. The standard InChI is InChI=1S/C27H27F4N3O4S/c1-3-24(26(36)32-2)33(17-19-12-14-21(28)15-13-19)25(35)18-34(39(37,38)23-10-5-4-6-11-23)22-9-7-8-20(16-22)27(29,30)31/h4-16,24H,3,17-18H2,1-2H3,(H,32,36)/t24-/m0/s1. The van der Waals surface area contributed by atoms with Crippen molar-refractivity contribution in [3.8, 4) is 0 Å². The molecule has 3 aromatic carbocycles. The fourth-order valence-electron chi connectivity index (χ4n) is 3.96. The predicted molar refractivity (Wildman–Crippen MR) is 138 cm³/mol. The van der Waals surface area contributed by atoms with E-state index in [1.165, 1.54) is 55.6 Å². The first-order valence-corrected chi connectivity index (χ1v) is 13.3. The Labute approximate surface area is 224 Å². The van der Waals surface area contributed by atoms with Gasteiger partial charge in [-0.2, -0.15) is 13.2 Å². The number of nitrogens with one attached hydrogen (secondary N) is 1. The van der Waals surface area contributed by atoms with E-state index in [9.17, 15) is 35.6 Å². The topological polar surface area (TPSA) is 86.8 Å². The van der Waals surface area contributed by atoms with Crippen molar-refractivity contribution in [2.45, 2.75) is 37.0 Å². The van der Waals surface area contributed by atoms with Crippen LogP contribution in [0.1, 0.15) is 24.5 Å². The molecule has 0 saturated carbocycles. The van der Waals surface area contributed by atoms with Crippen molar-refractivity contribution in [2.24, 2.45) is 0 Å². The summed E-state index contributed by atoms with van der Waals surface area (Å²) in [4.78, 5) is 27.3. The molecule has 0 spiro atoms. The Morgan fingerprint density at radius 3 is 2.15 bits per heavy atom. The average molecular weight is 566 g/mol. The van der Waals surface area contributed by atoms with Gasteiger partial charge < -0.3 is 10.2 Å². The highest BCUT2D eigenvalue weighted by Gasteiger charge is 2.35. The Balaban J connectivity index is 2.10. The van der Waals surface area contributed by atoms with Gasteiger partial charge in [0.05, 0.1) is 16.1 Å². The number of sulfonamides is 1. The zero-order valence-electron chi connectivity index (χ0n) is 21.2. The van der Waals surface area contributed by atoms with Gasteiger partial charge in [0.15, 0.2) is 0 Å². The Kier molecular flexibility index (Phi) is 9.33. The summed E-state index contributed by atoms with van der Waals surface area (Å²) in [5, 5.41) is 2.46. The number of rotatable bonds is 10. The highest BCUT2D eigenvalue weighted by atomic mass is 32.2. The van der Waals surface area contributed by atoms with Crippen LogP contribution in [0.25, 0.3) is 0 Å². The van der Waals surface area contributed by atoms with Crippen molar-refractivity contribution in [3.63, 3.8) is 0 Å². The van der Waals surface area contributed by atoms with Gasteiger partial charge in [-0.3, -0.25) is 13.9 Å². The van der Waals surface area contributed by atoms with Crippen molar-refractivity contribution in [2.75, 3.05) is 17.9 Å². The van der Waals surface area contributed by atoms with Crippen LogP contribution < -0.4 is 9.62 Å². The molecule has 0 heterocycles. The Morgan fingerprint density at radius 1 is 0.949 bits per heavy atom. The van der Waals surface area contributed by atoms with Crippen LogP contribution in [0.15, 0.2) is 83.8 Å². The maximum Gasteiger partial charge on any atom is 0.416 e. The highest BCUT2D eigenvalue weighted by Crippen LogP contribution is 2.33. The molecule has 2 amide bonds. The Morgan fingerprint density at radius 2 is 1.59 bits per heavy atom. The minimum Gasteiger partial charge on any atom is -0.357 e. The summed E-state index contributed by atoms with van der Waals surface area (Å²) >= 11 is 0. The summed E-state index contributed by atoms with van der Waals surface area (Å²) in [6.45, 7) is 0.580. The number of hydrogen-bond acceptors (Lipinski definition) is 4. The molecule has 0 aliphatic heterocycles. The first-order chi connectivity index (χ1) is 18.4. The van der Waals surface area contributed by atoms with Gasteiger partial charge in [-0.25, -0.2) is 12.8 Å². The van der Waals surface area contributed by atoms with Crippen molar-refractivity contribution in [3.05, 3.63) is 95.8 Å². The third-order valence-electron chi connectivity index (χ3n) is 5.97. The molecule has 0 bridgehead atoms. The van der Waals surface area contributed by atoms with Crippen LogP contribution in [0, 0.1) is 5.82 Å². The van der Waals surface area contributed by atoms with E-state index in [0.717, 1.165) is 23.1 Å².